The molecule has 160 valence electrons. The minimum Gasteiger partial charge on any atom is -0.356 e. The Hall–Kier alpha value is -2.37. The molecule has 0 atom stereocenters. The van der Waals surface area contributed by atoms with Crippen molar-refractivity contribution in [2.24, 2.45) is 0 Å². The van der Waals surface area contributed by atoms with Crippen LogP contribution in [-0.2, 0) is 11.3 Å². The number of aromatic nitrogens is 3. The van der Waals surface area contributed by atoms with E-state index in [0.717, 1.165) is 37.3 Å². The van der Waals surface area contributed by atoms with Crippen molar-refractivity contribution in [3.63, 3.8) is 0 Å². The lowest BCUT2D eigenvalue weighted by atomic mass is 10.2. The lowest BCUT2D eigenvalue weighted by molar-refractivity contribution is -0.128. The lowest BCUT2D eigenvalue weighted by Crippen LogP contribution is -2.33. The first-order valence-corrected chi connectivity index (χ1v) is 11.4. The van der Waals surface area contributed by atoms with Crippen LogP contribution in [0.3, 0.4) is 0 Å². The summed E-state index contributed by atoms with van der Waals surface area (Å²) in [7, 11) is 0. The highest BCUT2D eigenvalue weighted by atomic mass is 35.5. The van der Waals surface area contributed by atoms with E-state index in [1.807, 2.05) is 12.1 Å². The van der Waals surface area contributed by atoms with Gasteiger partial charge in [0.1, 0.15) is 11.0 Å². The number of hydrogen-bond acceptors (Lipinski definition) is 7. The fraction of sp³-hybridized carbons (Fsp3) is 0.476. The molecule has 0 spiro atoms. The summed E-state index contributed by atoms with van der Waals surface area (Å²) >= 11 is 7.48. The Morgan fingerprint density at radius 1 is 1.23 bits per heavy atom. The number of carbonyl (C=O) groups is 1. The van der Waals surface area contributed by atoms with Crippen molar-refractivity contribution >= 4 is 35.1 Å². The number of nitriles is 1. The minimum absolute atomic E-state index is 0.0804. The number of nitrogens with zero attached hydrogens (tertiary/aromatic N) is 6. The Kier molecular flexibility index (Phi) is 10.4. The van der Waals surface area contributed by atoms with Crippen molar-refractivity contribution < 1.29 is 4.79 Å². The van der Waals surface area contributed by atoms with Gasteiger partial charge in [0, 0.05) is 44.6 Å². The molecular weight excluding hydrogens is 420 g/mol. The van der Waals surface area contributed by atoms with Crippen LogP contribution >= 0.6 is 23.4 Å². The molecule has 0 N–H and O–H groups in total. The van der Waals surface area contributed by atoms with Gasteiger partial charge in [-0.1, -0.05) is 43.3 Å². The third-order valence-electron chi connectivity index (χ3n) is 4.24. The van der Waals surface area contributed by atoms with Crippen molar-refractivity contribution in [1.82, 2.24) is 19.9 Å². The van der Waals surface area contributed by atoms with Gasteiger partial charge in [-0.3, -0.25) is 9.78 Å². The van der Waals surface area contributed by atoms with Gasteiger partial charge in [0.25, 0.3) is 0 Å². The lowest BCUT2D eigenvalue weighted by Gasteiger charge is -2.23. The SMILES string of the molecule is CCCN(CCC)c1cc(Cl)nc(SCC(=O)N(CCC#N)Cc2cccnc2)n1. The number of halogens is 1. The molecule has 0 saturated carbocycles. The van der Waals surface area contributed by atoms with Crippen LogP contribution in [0.5, 0.6) is 0 Å². The van der Waals surface area contributed by atoms with E-state index in [1.54, 1.807) is 23.4 Å². The van der Waals surface area contributed by atoms with Crippen LogP contribution in [0.2, 0.25) is 5.15 Å². The van der Waals surface area contributed by atoms with E-state index in [9.17, 15) is 4.79 Å². The number of amides is 1. The highest BCUT2D eigenvalue weighted by Gasteiger charge is 2.17. The summed E-state index contributed by atoms with van der Waals surface area (Å²) in [4.78, 5) is 29.6. The zero-order chi connectivity index (χ0) is 21.8. The van der Waals surface area contributed by atoms with Gasteiger partial charge in [-0.25, -0.2) is 9.97 Å². The van der Waals surface area contributed by atoms with Crippen LogP contribution in [0.25, 0.3) is 0 Å². The molecule has 0 fully saturated rings. The molecule has 7 nitrogen and oxygen atoms in total. The molecule has 1 amide bonds. The third kappa shape index (κ3) is 7.81. The summed E-state index contributed by atoms with van der Waals surface area (Å²) < 4.78 is 0. The van der Waals surface area contributed by atoms with Crippen LogP contribution in [0.4, 0.5) is 5.82 Å². The van der Waals surface area contributed by atoms with Gasteiger partial charge < -0.3 is 9.80 Å². The van der Waals surface area contributed by atoms with Crippen molar-refractivity contribution in [3.05, 3.63) is 41.3 Å². The highest BCUT2D eigenvalue weighted by Crippen LogP contribution is 2.23. The fourth-order valence-electron chi connectivity index (χ4n) is 2.90. The maximum atomic E-state index is 12.8. The Bertz CT molecular complexity index is 839. The Morgan fingerprint density at radius 2 is 2.00 bits per heavy atom. The van der Waals surface area contributed by atoms with Gasteiger partial charge in [-0.15, -0.1) is 0 Å². The maximum Gasteiger partial charge on any atom is 0.233 e. The standard InChI is InChI=1S/C21H27ClN6OS/c1-3-10-27(11-4-2)19-13-18(22)25-21(26-19)30-16-20(29)28(12-6-8-23)15-17-7-5-9-24-14-17/h5,7,9,13-14H,3-4,6,10-12,15-16H2,1-2H3. The number of thioether (sulfide) groups is 1. The number of pyridine rings is 1. The zero-order valence-electron chi connectivity index (χ0n) is 17.4. The summed E-state index contributed by atoms with van der Waals surface area (Å²) in [5, 5.41) is 9.77. The Labute approximate surface area is 187 Å². The highest BCUT2D eigenvalue weighted by molar-refractivity contribution is 7.99. The molecule has 0 unspecified atom stereocenters. The first-order chi connectivity index (χ1) is 14.6. The molecule has 2 heterocycles. The van der Waals surface area contributed by atoms with E-state index >= 15 is 0 Å². The molecule has 0 aromatic carbocycles. The maximum absolute atomic E-state index is 12.8. The molecule has 2 aromatic rings. The molecule has 0 aliphatic rings. The summed E-state index contributed by atoms with van der Waals surface area (Å²) in [6.45, 7) is 6.80. The Morgan fingerprint density at radius 3 is 2.63 bits per heavy atom. The quantitative estimate of drug-likeness (QED) is 0.274. The van der Waals surface area contributed by atoms with Gasteiger partial charge >= 0.3 is 0 Å². The molecule has 30 heavy (non-hydrogen) atoms. The first-order valence-electron chi connectivity index (χ1n) is 10.0. The van der Waals surface area contributed by atoms with Crippen molar-refractivity contribution in [3.8, 4) is 6.07 Å². The predicted molar refractivity (Wildman–Crippen MR) is 120 cm³/mol. The van der Waals surface area contributed by atoms with E-state index in [1.165, 1.54) is 11.8 Å². The molecule has 2 rings (SSSR count). The van der Waals surface area contributed by atoms with Crippen LogP contribution in [0.15, 0.2) is 35.7 Å². The van der Waals surface area contributed by atoms with Crippen molar-refractivity contribution in [1.29, 1.82) is 5.26 Å². The van der Waals surface area contributed by atoms with Gasteiger partial charge in [0.05, 0.1) is 18.2 Å². The molecular formula is C21H27ClN6OS. The molecule has 0 saturated heterocycles. The molecule has 9 heteroatoms. The van der Waals surface area contributed by atoms with E-state index in [-0.39, 0.29) is 18.1 Å². The third-order valence-corrected chi connectivity index (χ3v) is 5.26. The summed E-state index contributed by atoms with van der Waals surface area (Å²) in [5.41, 5.74) is 0.921. The van der Waals surface area contributed by atoms with E-state index < -0.39 is 0 Å². The van der Waals surface area contributed by atoms with Crippen LogP contribution in [0.1, 0.15) is 38.7 Å². The predicted octanol–water partition coefficient (Wildman–Crippen LogP) is 4.19. The first kappa shape index (κ1) is 23.9. The summed E-state index contributed by atoms with van der Waals surface area (Å²) in [6.07, 6.45) is 5.70. The van der Waals surface area contributed by atoms with Crippen molar-refractivity contribution in [2.45, 2.75) is 44.8 Å². The number of carbonyl (C=O) groups excluding carboxylic acids is 1. The average Bonchev–Trinajstić information content (AvgIpc) is 2.75. The van der Waals surface area contributed by atoms with Crippen molar-refractivity contribution in [2.75, 3.05) is 30.3 Å². The monoisotopic (exact) mass is 446 g/mol. The number of anilines is 1. The van der Waals surface area contributed by atoms with E-state index in [4.69, 9.17) is 16.9 Å². The van der Waals surface area contributed by atoms with Crippen LogP contribution in [0, 0.1) is 11.3 Å². The van der Waals surface area contributed by atoms with E-state index in [0.29, 0.717) is 23.4 Å². The summed E-state index contributed by atoms with van der Waals surface area (Å²) in [5.74, 6) is 0.876. The summed E-state index contributed by atoms with van der Waals surface area (Å²) in [6, 6.07) is 7.61. The second-order valence-electron chi connectivity index (χ2n) is 6.69. The number of rotatable bonds is 12. The minimum atomic E-state index is -0.0804. The topological polar surface area (TPSA) is 86.0 Å². The smallest absolute Gasteiger partial charge is 0.233 e. The van der Waals surface area contributed by atoms with E-state index in [2.05, 4.69) is 39.8 Å². The van der Waals surface area contributed by atoms with Crippen LogP contribution in [-0.4, -0.2) is 51.1 Å². The zero-order valence-corrected chi connectivity index (χ0v) is 19.0. The second-order valence-corrected chi connectivity index (χ2v) is 8.02. The van der Waals surface area contributed by atoms with Gasteiger partial charge in [0.15, 0.2) is 5.16 Å². The average molecular weight is 447 g/mol. The Balaban J connectivity index is 2.07. The largest absolute Gasteiger partial charge is 0.356 e. The molecule has 0 radical (unpaired) electrons. The normalized spacial score (nSPS) is 10.5. The number of hydrogen-bond donors (Lipinski definition) is 0. The van der Waals surface area contributed by atoms with Crippen LogP contribution < -0.4 is 4.90 Å². The molecule has 0 aliphatic heterocycles. The second kappa shape index (κ2) is 13.0. The molecule has 0 aliphatic carbocycles. The van der Waals surface area contributed by atoms with Gasteiger partial charge in [-0.2, -0.15) is 5.26 Å². The van der Waals surface area contributed by atoms with Gasteiger partial charge in [-0.05, 0) is 24.5 Å². The van der Waals surface area contributed by atoms with Gasteiger partial charge in [0.2, 0.25) is 5.91 Å². The fourth-order valence-corrected chi connectivity index (χ4v) is 3.88. The molecule has 2 aromatic heterocycles. The molecule has 0 bridgehead atoms.